The van der Waals surface area contributed by atoms with Gasteiger partial charge < -0.3 is 21.3 Å². The van der Waals surface area contributed by atoms with Crippen molar-refractivity contribution in [2.24, 2.45) is 5.73 Å². The Morgan fingerprint density at radius 3 is 2.71 bits per heavy atom. The number of aromatic nitrogens is 2. The molecule has 2 aliphatic rings. The lowest BCUT2D eigenvalue weighted by atomic mass is 10.0. The van der Waals surface area contributed by atoms with Gasteiger partial charge in [0.25, 0.3) is 5.91 Å². The SMILES string of the molecule is NC(=O)c1nn(CC(=O)N2C[C@H](F)C[C@H]2C(=O)Nc2cccc(-c3ccc4c(c3)NC(=O)C4)c2F)c2ccccc12. The molecular weight excluding hydrogens is 534 g/mol. The molecule has 4 aromatic rings. The zero-order valence-corrected chi connectivity index (χ0v) is 21.6. The summed E-state index contributed by atoms with van der Waals surface area (Å²) >= 11 is 0. The first kappa shape index (κ1) is 26.1. The number of carbonyl (C=O) groups is 4. The van der Waals surface area contributed by atoms with Gasteiger partial charge in [-0.3, -0.25) is 23.9 Å². The molecule has 0 saturated carbocycles. The van der Waals surface area contributed by atoms with E-state index in [4.69, 9.17) is 5.73 Å². The van der Waals surface area contributed by atoms with Crippen LogP contribution in [0.15, 0.2) is 60.7 Å². The van der Waals surface area contributed by atoms with Crippen molar-refractivity contribution in [3.63, 3.8) is 0 Å². The van der Waals surface area contributed by atoms with Gasteiger partial charge in [-0.1, -0.05) is 42.5 Å². The summed E-state index contributed by atoms with van der Waals surface area (Å²) in [6.45, 7) is -0.675. The Kier molecular flexibility index (Phi) is 6.45. The number of nitrogens with two attached hydrogens (primary N) is 1. The molecule has 6 rings (SSSR count). The van der Waals surface area contributed by atoms with Crippen LogP contribution in [0.3, 0.4) is 0 Å². The van der Waals surface area contributed by atoms with Gasteiger partial charge in [0.2, 0.25) is 17.7 Å². The van der Waals surface area contributed by atoms with Crippen LogP contribution in [0.2, 0.25) is 0 Å². The Balaban J connectivity index is 1.22. The highest BCUT2D eigenvalue weighted by molar-refractivity contribution is 6.04. The van der Waals surface area contributed by atoms with Crippen molar-refractivity contribution in [1.82, 2.24) is 14.7 Å². The Hall–Kier alpha value is -5.13. The van der Waals surface area contributed by atoms with Gasteiger partial charge in [0.05, 0.1) is 24.2 Å². The fraction of sp³-hybridized carbons (Fsp3) is 0.207. The number of primary amides is 1. The lowest BCUT2D eigenvalue weighted by Gasteiger charge is -2.24. The normalized spacial score (nSPS) is 17.9. The summed E-state index contributed by atoms with van der Waals surface area (Å²) in [4.78, 5) is 51.2. The number of nitrogens with zero attached hydrogens (tertiary/aromatic N) is 3. The molecule has 3 heterocycles. The zero-order valence-electron chi connectivity index (χ0n) is 21.6. The van der Waals surface area contributed by atoms with Crippen LogP contribution < -0.4 is 16.4 Å². The number of hydrogen-bond donors (Lipinski definition) is 3. The molecule has 41 heavy (non-hydrogen) atoms. The molecule has 2 aliphatic heterocycles. The summed E-state index contributed by atoms with van der Waals surface area (Å²) in [5, 5.41) is 9.87. The quantitative estimate of drug-likeness (QED) is 0.334. The highest BCUT2D eigenvalue weighted by Gasteiger charge is 2.40. The zero-order chi connectivity index (χ0) is 28.8. The van der Waals surface area contributed by atoms with Gasteiger partial charge in [0.1, 0.15) is 18.8 Å². The molecule has 0 spiro atoms. The van der Waals surface area contributed by atoms with Gasteiger partial charge in [-0.25, -0.2) is 8.78 Å². The molecule has 0 radical (unpaired) electrons. The van der Waals surface area contributed by atoms with E-state index in [0.717, 1.165) is 10.5 Å². The van der Waals surface area contributed by atoms with E-state index in [1.807, 2.05) is 0 Å². The summed E-state index contributed by atoms with van der Waals surface area (Å²) in [7, 11) is 0. The Bertz CT molecular complexity index is 1750. The number of fused-ring (bicyclic) bond motifs is 2. The van der Waals surface area contributed by atoms with E-state index >= 15 is 4.39 Å². The molecule has 0 unspecified atom stereocenters. The molecule has 4 N–H and O–H groups in total. The predicted octanol–water partition coefficient (Wildman–Crippen LogP) is 3.01. The summed E-state index contributed by atoms with van der Waals surface area (Å²) in [5.41, 5.74) is 7.89. The van der Waals surface area contributed by atoms with E-state index in [1.165, 1.54) is 10.7 Å². The summed E-state index contributed by atoms with van der Waals surface area (Å²) in [6, 6.07) is 15.1. The van der Waals surface area contributed by atoms with Crippen LogP contribution in [0.5, 0.6) is 0 Å². The number of halogens is 2. The van der Waals surface area contributed by atoms with E-state index in [-0.39, 0.29) is 48.8 Å². The van der Waals surface area contributed by atoms with Crippen LogP contribution in [0, 0.1) is 5.82 Å². The predicted molar refractivity (Wildman–Crippen MR) is 146 cm³/mol. The molecule has 12 heteroatoms. The fourth-order valence-electron chi connectivity index (χ4n) is 5.41. The number of alkyl halides is 1. The van der Waals surface area contributed by atoms with Crippen molar-refractivity contribution in [3.8, 4) is 11.1 Å². The van der Waals surface area contributed by atoms with Gasteiger partial charge in [-0.2, -0.15) is 5.10 Å². The summed E-state index contributed by atoms with van der Waals surface area (Å²) < 4.78 is 31.4. The average molecular weight is 559 g/mol. The van der Waals surface area contributed by atoms with E-state index < -0.39 is 35.8 Å². The van der Waals surface area contributed by atoms with Gasteiger partial charge in [0, 0.05) is 23.1 Å². The second-order valence-electron chi connectivity index (χ2n) is 10.0. The third-order valence-corrected chi connectivity index (χ3v) is 7.35. The first-order valence-corrected chi connectivity index (χ1v) is 12.9. The topological polar surface area (TPSA) is 139 Å². The number of benzene rings is 3. The van der Waals surface area contributed by atoms with Crippen LogP contribution in [-0.2, 0) is 27.3 Å². The monoisotopic (exact) mass is 558 g/mol. The number of likely N-dealkylation sites (tertiary alicyclic amines) is 1. The van der Waals surface area contributed by atoms with Gasteiger partial charge in [-0.15, -0.1) is 0 Å². The van der Waals surface area contributed by atoms with Crippen molar-refractivity contribution >= 4 is 45.9 Å². The summed E-state index contributed by atoms with van der Waals surface area (Å²) in [5.74, 6) is -2.94. The van der Waals surface area contributed by atoms with Crippen LogP contribution in [0.1, 0.15) is 22.5 Å². The minimum absolute atomic E-state index is 0.00593. The maximum absolute atomic E-state index is 15.6. The smallest absolute Gasteiger partial charge is 0.269 e. The molecule has 1 aromatic heterocycles. The third-order valence-electron chi connectivity index (χ3n) is 7.35. The van der Waals surface area contributed by atoms with Crippen molar-refractivity contribution in [2.45, 2.75) is 31.6 Å². The molecular formula is C29H24F2N6O4. The van der Waals surface area contributed by atoms with Crippen molar-refractivity contribution in [3.05, 3.63) is 77.7 Å². The van der Waals surface area contributed by atoms with Crippen LogP contribution in [0.4, 0.5) is 20.2 Å². The first-order chi connectivity index (χ1) is 19.7. The van der Waals surface area contributed by atoms with Gasteiger partial charge in [-0.05, 0) is 29.3 Å². The molecule has 0 aliphatic carbocycles. The number of hydrogen-bond acceptors (Lipinski definition) is 5. The first-order valence-electron chi connectivity index (χ1n) is 12.9. The fourth-order valence-corrected chi connectivity index (χ4v) is 5.41. The number of para-hydroxylation sites is 1. The Morgan fingerprint density at radius 2 is 1.90 bits per heavy atom. The second-order valence-corrected chi connectivity index (χ2v) is 10.0. The van der Waals surface area contributed by atoms with Crippen LogP contribution in [-0.4, -0.2) is 57.1 Å². The number of carbonyl (C=O) groups excluding carboxylic acids is 4. The second kappa shape index (κ2) is 10.1. The minimum Gasteiger partial charge on any atom is -0.364 e. The lowest BCUT2D eigenvalue weighted by molar-refractivity contribution is -0.137. The number of anilines is 2. The van der Waals surface area contributed by atoms with E-state index in [0.29, 0.717) is 22.2 Å². The Labute approximate surface area is 232 Å². The standard InChI is InChI=1S/C29H24F2N6O4/c30-17-12-23(36(13-17)25(39)14-37-22-7-2-1-4-19(22)27(35-37)28(32)40)29(41)34-20-6-3-5-18(26(20)31)15-8-9-16-11-24(38)33-21(16)10-15/h1-10,17,23H,11-14H2,(H2,32,40)(H,33,38)(H,34,41)/t17-,23+/m1/s1. The van der Waals surface area contributed by atoms with Crippen LogP contribution in [0.25, 0.3) is 22.0 Å². The van der Waals surface area contributed by atoms with Crippen LogP contribution >= 0.6 is 0 Å². The average Bonchev–Trinajstić information content (AvgIpc) is 3.63. The van der Waals surface area contributed by atoms with Crippen molar-refractivity contribution < 1.29 is 28.0 Å². The summed E-state index contributed by atoms with van der Waals surface area (Å²) in [6.07, 6.45) is -1.46. The molecule has 208 valence electrons. The van der Waals surface area contributed by atoms with E-state index in [2.05, 4.69) is 15.7 Å². The molecule has 4 amide bonds. The molecule has 1 saturated heterocycles. The number of rotatable bonds is 6. The molecule has 2 atom stereocenters. The van der Waals surface area contributed by atoms with E-state index in [1.54, 1.807) is 54.6 Å². The van der Waals surface area contributed by atoms with Crippen molar-refractivity contribution in [1.29, 1.82) is 0 Å². The van der Waals surface area contributed by atoms with Gasteiger partial charge >= 0.3 is 0 Å². The highest BCUT2D eigenvalue weighted by atomic mass is 19.1. The maximum Gasteiger partial charge on any atom is 0.269 e. The molecule has 10 nitrogen and oxygen atoms in total. The number of nitrogens with one attached hydrogen (secondary N) is 2. The maximum atomic E-state index is 15.6. The van der Waals surface area contributed by atoms with Crippen molar-refractivity contribution in [2.75, 3.05) is 17.2 Å². The molecule has 3 aromatic carbocycles. The largest absolute Gasteiger partial charge is 0.364 e. The molecule has 0 bridgehead atoms. The van der Waals surface area contributed by atoms with Gasteiger partial charge in [0.15, 0.2) is 11.5 Å². The Morgan fingerprint density at radius 1 is 1.10 bits per heavy atom. The molecule has 1 fully saturated rings. The third kappa shape index (κ3) is 4.77. The van der Waals surface area contributed by atoms with E-state index in [9.17, 15) is 23.6 Å². The highest BCUT2D eigenvalue weighted by Crippen LogP contribution is 2.33. The number of amides is 4. The lowest BCUT2D eigenvalue weighted by Crippen LogP contribution is -2.44. The minimum atomic E-state index is -1.46.